The Morgan fingerprint density at radius 3 is 2.92 bits per heavy atom. The van der Waals surface area contributed by atoms with Crippen LogP contribution in [0.3, 0.4) is 0 Å². The summed E-state index contributed by atoms with van der Waals surface area (Å²) in [5.41, 5.74) is 7.55. The zero-order valence-electron chi connectivity index (χ0n) is 14.4. The number of rotatable bonds is 8. The van der Waals surface area contributed by atoms with Gasteiger partial charge in [-0.15, -0.1) is 24.1 Å². The predicted molar refractivity (Wildman–Crippen MR) is 97.6 cm³/mol. The Bertz CT molecular complexity index is 819. The highest BCUT2D eigenvalue weighted by atomic mass is 35.5. The molecule has 138 valence electrons. The van der Waals surface area contributed by atoms with Gasteiger partial charge >= 0.3 is 0 Å². The molecule has 2 N–H and O–H groups in total. The summed E-state index contributed by atoms with van der Waals surface area (Å²) in [5, 5.41) is 15.3. The largest absolute Gasteiger partial charge is 0.338 e. The molecular weight excluding hydrogens is 356 g/mol. The van der Waals surface area contributed by atoms with E-state index in [4.69, 9.17) is 10.3 Å². The van der Waals surface area contributed by atoms with E-state index in [1.807, 2.05) is 18.2 Å². The minimum atomic E-state index is 0. The van der Waals surface area contributed by atoms with Gasteiger partial charge in [0.2, 0.25) is 5.89 Å². The second kappa shape index (κ2) is 9.18. The molecule has 0 amide bonds. The van der Waals surface area contributed by atoms with Crippen molar-refractivity contribution in [1.29, 1.82) is 0 Å². The van der Waals surface area contributed by atoms with Gasteiger partial charge in [-0.1, -0.05) is 23.4 Å². The Hall–Kier alpha value is -2.62. The monoisotopic (exact) mass is 376 g/mol. The summed E-state index contributed by atoms with van der Waals surface area (Å²) < 4.78 is 6.71. The number of aromatic nitrogens is 6. The van der Waals surface area contributed by atoms with Crippen LogP contribution in [-0.2, 0) is 13.1 Å². The highest BCUT2D eigenvalue weighted by Crippen LogP contribution is 2.23. The molecule has 3 aromatic rings. The van der Waals surface area contributed by atoms with Crippen molar-refractivity contribution in [3.63, 3.8) is 0 Å². The molecule has 9 nitrogen and oxygen atoms in total. The van der Waals surface area contributed by atoms with Crippen molar-refractivity contribution >= 4 is 12.4 Å². The van der Waals surface area contributed by atoms with Crippen LogP contribution < -0.4 is 5.73 Å². The van der Waals surface area contributed by atoms with Crippen molar-refractivity contribution in [3.05, 3.63) is 60.5 Å². The lowest BCUT2D eigenvalue weighted by molar-refractivity contribution is 0.216. The van der Waals surface area contributed by atoms with Gasteiger partial charge in [-0.3, -0.25) is 4.90 Å². The first-order chi connectivity index (χ1) is 12.2. The summed E-state index contributed by atoms with van der Waals surface area (Å²) in [7, 11) is 0. The van der Waals surface area contributed by atoms with Gasteiger partial charge in [-0.05, 0) is 35.0 Å². The Balaban J connectivity index is 0.00000243. The van der Waals surface area contributed by atoms with Crippen LogP contribution in [-0.4, -0.2) is 41.8 Å². The summed E-state index contributed by atoms with van der Waals surface area (Å²) in [5.74, 6) is 1.03. The Morgan fingerprint density at radius 1 is 1.42 bits per heavy atom. The van der Waals surface area contributed by atoms with E-state index in [-0.39, 0.29) is 25.0 Å². The zero-order valence-corrected chi connectivity index (χ0v) is 15.2. The number of benzene rings is 1. The van der Waals surface area contributed by atoms with Crippen LogP contribution in [0.15, 0.2) is 47.8 Å². The van der Waals surface area contributed by atoms with Gasteiger partial charge < -0.3 is 10.3 Å². The molecule has 1 atom stereocenters. The highest BCUT2D eigenvalue weighted by molar-refractivity contribution is 5.85. The Morgan fingerprint density at radius 2 is 2.27 bits per heavy atom. The molecule has 1 aromatic carbocycles. The van der Waals surface area contributed by atoms with Gasteiger partial charge in [0.1, 0.15) is 6.33 Å². The molecule has 0 aliphatic rings. The fourth-order valence-corrected chi connectivity index (χ4v) is 2.56. The van der Waals surface area contributed by atoms with Crippen molar-refractivity contribution in [2.45, 2.75) is 26.1 Å². The minimum absolute atomic E-state index is 0. The molecule has 0 aliphatic carbocycles. The van der Waals surface area contributed by atoms with Crippen LogP contribution in [0.25, 0.3) is 5.69 Å². The standard InChI is InChI=1S/C16H20N8O.ClH/c1-3-7-23(10-15-19-16(9-17)25-20-15)12(2)13-5-4-6-14(8-13)24-11-18-21-22-24;/h3-6,8,11-12H,1,7,9-10,17H2,2H3;1H. The smallest absolute Gasteiger partial charge is 0.240 e. The van der Waals surface area contributed by atoms with Crippen LogP contribution in [0.5, 0.6) is 0 Å². The fraction of sp³-hybridized carbons (Fsp3) is 0.312. The molecule has 1 unspecified atom stereocenters. The first kappa shape index (κ1) is 19.7. The number of nitrogens with two attached hydrogens (primary N) is 1. The SMILES string of the molecule is C=CCN(Cc1noc(CN)n1)C(C)c1cccc(-n2cnnn2)c1.Cl. The van der Waals surface area contributed by atoms with E-state index in [2.05, 4.69) is 56.2 Å². The zero-order chi connectivity index (χ0) is 17.6. The summed E-state index contributed by atoms with van der Waals surface area (Å²) in [4.78, 5) is 6.47. The van der Waals surface area contributed by atoms with Crippen LogP contribution in [0.4, 0.5) is 0 Å². The van der Waals surface area contributed by atoms with Crippen LogP contribution in [0.1, 0.15) is 30.2 Å². The average molecular weight is 377 g/mol. The fourth-order valence-electron chi connectivity index (χ4n) is 2.56. The lowest BCUT2D eigenvalue weighted by Crippen LogP contribution is -2.27. The first-order valence-electron chi connectivity index (χ1n) is 7.91. The lowest BCUT2D eigenvalue weighted by atomic mass is 10.1. The van der Waals surface area contributed by atoms with Gasteiger partial charge in [0.15, 0.2) is 5.82 Å². The molecule has 3 rings (SSSR count). The molecule has 2 heterocycles. The topological polar surface area (TPSA) is 112 Å². The summed E-state index contributed by atoms with van der Waals surface area (Å²) in [6.07, 6.45) is 3.42. The number of hydrogen-bond donors (Lipinski definition) is 1. The van der Waals surface area contributed by atoms with Crippen molar-refractivity contribution in [1.82, 2.24) is 35.2 Å². The molecule has 0 radical (unpaired) electrons. The van der Waals surface area contributed by atoms with E-state index < -0.39 is 0 Å². The molecule has 0 aliphatic heterocycles. The van der Waals surface area contributed by atoms with E-state index >= 15 is 0 Å². The van der Waals surface area contributed by atoms with Crippen LogP contribution in [0, 0.1) is 0 Å². The van der Waals surface area contributed by atoms with Gasteiger partial charge in [0.05, 0.1) is 18.8 Å². The minimum Gasteiger partial charge on any atom is -0.338 e. The first-order valence-corrected chi connectivity index (χ1v) is 7.91. The average Bonchev–Trinajstić information content (AvgIpc) is 3.32. The molecule has 2 aromatic heterocycles. The number of halogens is 1. The molecule has 10 heteroatoms. The van der Waals surface area contributed by atoms with Crippen LogP contribution in [0.2, 0.25) is 0 Å². The number of tetrazole rings is 1. The van der Waals surface area contributed by atoms with Gasteiger partial charge in [0, 0.05) is 12.6 Å². The van der Waals surface area contributed by atoms with Gasteiger partial charge in [-0.2, -0.15) is 4.98 Å². The number of hydrogen-bond acceptors (Lipinski definition) is 8. The Labute approximate surface area is 157 Å². The predicted octanol–water partition coefficient (Wildman–Crippen LogP) is 1.67. The van der Waals surface area contributed by atoms with E-state index in [0.717, 1.165) is 11.3 Å². The molecule has 0 fully saturated rings. The van der Waals surface area contributed by atoms with Crippen molar-refractivity contribution in [2.75, 3.05) is 6.54 Å². The quantitative estimate of drug-likeness (QED) is 0.591. The van der Waals surface area contributed by atoms with Crippen molar-refractivity contribution in [2.24, 2.45) is 5.73 Å². The maximum absolute atomic E-state index is 5.52. The van der Waals surface area contributed by atoms with Gasteiger partial charge in [0.25, 0.3) is 0 Å². The van der Waals surface area contributed by atoms with Crippen LogP contribution >= 0.6 is 12.4 Å². The third-order valence-electron chi connectivity index (χ3n) is 3.91. The molecule has 0 saturated heterocycles. The second-order valence-electron chi connectivity index (χ2n) is 5.55. The third-order valence-corrected chi connectivity index (χ3v) is 3.91. The molecule has 0 bridgehead atoms. The van der Waals surface area contributed by atoms with E-state index in [1.165, 1.54) is 0 Å². The maximum Gasteiger partial charge on any atom is 0.240 e. The van der Waals surface area contributed by atoms with Crippen molar-refractivity contribution in [3.8, 4) is 5.69 Å². The molecular formula is C16H21ClN8O. The van der Waals surface area contributed by atoms with E-state index in [0.29, 0.717) is 24.8 Å². The van der Waals surface area contributed by atoms with E-state index in [1.54, 1.807) is 11.0 Å². The normalized spacial score (nSPS) is 12.0. The van der Waals surface area contributed by atoms with Gasteiger partial charge in [-0.25, -0.2) is 4.68 Å². The van der Waals surface area contributed by atoms with Crippen molar-refractivity contribution < 1.29 is 4.52 Å². The lowest BCUT2D eigenvalue weighted by Gasteiger charge is -2.27. The molecule has 0 saturated carbocycles. The third kappa shape index (κ3) is 4.51. The number of nitrogens with zero attached hydrogens (tertiary/aromatic N) is 7. The molecule has 26 heavy (non-hydrogen) atoms. The summed E-state index contributed by atoms with van der Waals surface area (Å²) in [6.45, 7) is 7.41. The molecule has 0 spiro atoms. The summed E-state index contributed by atoms with van der Waals surface area (Å²) >= 11 is 0. The maximum atomic E-state index is 5.52. The highest BCUT2D eigenvalue weighted by Gasteiger charge is 2.18. The Kier molecular flexibility index (Phi) is 6.96. The second-order valence-corrected chi connectivity index (χ2v) is 5.55. The van der Waals surface area contributed by atoms with E-state index in [9.17, 15) is 0 Å². The summed E-state index contributed by atoms with van der Waals surface area (Å²) in [6, 6.07) is 8.16.